The second-order valence-electron chi connectivity index (χ2n) is 8.20. The van der Waals surface area contributed by atoms with Crippen molar-refractivity contribution >= 4 is 18.4 Å². The van der Waals surface area contributed by atoms with Gasteiger partial charge >= 0.3 is 0 Å². The summed E-state index contributed by atoms with van der Waals surface area (Å²) in [5.74, 6) is 0. The van der Waals surface area contributed by atoms with E-state index < -0.39 is 0 Å². The Hall–Kier alpha value is -2.60. The number of benzene rings is 3. The molecule has 33 heavy (non-hydrogen) atoms. The van der Waals surface area contributed by atoms with E-state index in [1.807, 2.05) is 11.9 Å². The molecule has 0 radical (unpaired) electrons. The van der Waals surface area contributed by atoms with Crippen molar-refractivity contribution in [2.75, 3.05) is 19.6 Å². The number of nitrogens with two attached hydrogens (primary N) is 1. The van der Waals surface area contributed by atoms with Gasteiger partial charge in [0.05, 0.1) is 0 Å². The maximum Gasteiger partial charge on any atom is 0.204 e. The predicted molar refractivity (Wildman–Crippen MR) is 140 cm³/mol. The monoisotopic (exact) mass is 461 g/mol. The standard InChI is InChI=1S/C27H32N2S.CH3NO/c1-3-18-29(4-2)30-27-15-13-25(14-16-27)24-11-9-22(10-12-24)20-28-19-17-23-7-5-6-8-26(23)21-28;2-1-3/h5-16H,3-4,17-21H2,1-2H3;1H,(H2,2,3). The first kappa shape index (κ1) is 25.0. The van der Waals surface area contributed by atoms with Crippen LogP contribution in [0.2, 0.25) is 0 Å². The molecule has 4 rings (SSSR count). The molecule has 0 spiro atoms. The lowest BCUT2D eigenvalue weighted by Gasteiger charge is -2.28. The molecular formula is C28H35N3OS. The molecule has 0 atom stereocenters. The molecule has 1 aliphatic heterocycles. The number of amides is 1. The van der Waals surface area contributed by atoms with E-state index >= 15 is 0 Å². The number of rotatable bonds is 8. The van der Waals surface area contributed by atoms with Crippen LogP contribution in [0.4, 0.5) is 0 Å². The Morgan fingerprint density at radius 3 is 2.15 bits per heavy atom. The predicted octanol–water partition coefficient (Wildman–Crippen LogP) is 5.75. The van der Waals surface area contributed by atoms with Gasteiger partial charge in [0.1, 0.15) is 0 Å². The van der Waals surface area contributed by atoms with Crippen molar-refractivity contribution < 1.29 is 4.79 Å². The van der Waals surface area contributed by atoms with Gasteiger partial charge in [0, 0.05) is 37.6 Å². The molecule has 5 heteroatoms. The molecule has 0 aromatic heterocycles. The Kier molecular flexibility index (Phi) is 10.0. The summed E-state index contributed by atoms with van der Waals surface area (Å²) in [5, 5.41) is 0. The van der Waals surface area contributed by atoms with E-state index in [0.717, 1.165) is 39.1 Å². The van der Waals surface area contributed by atoms with Gasteiger partial charge in [-0.25, -0.2) is 4.31 Å². The summed E-state index contributed by atoms with van der Waals surface area (Å²) in [7, 11) is 0. The van der Waals surface area contributed by atoms with E-state index in [0.29, 0.717) is 0 Å². The van der Waals surface area contributed by atoms with Crippen LogP contribution >= 0.6 is 11.9 Å². The van der Waals surface area contributed by atoms with Gasteiger partial charge in [0.25, 0.3) is 0 Å². The Labute approximate surface area is 202 Å². The molecule has 3 aromatic carbocycles. The number of nitrogens with zero attached hydrogens (tertiary/aromatic N) is 2. The van der Waals surface area contributed by atoms with Crippen LogP contribution in [0, 0.1) is 0 Å². The van der Waals surface area contributed by atoms with Crippen LogP contribution in [-0.2, 0) is 24.3 Å². The molecule has 174 valence electrons. The van der Waals surface area contributed by atoms with Gasteiger partial charge in [-0.3, -0.25) is 9.69 Å². The van der Waals surface area contributed by atoms with Gasteiger partial charge in [-0.15, -0.1) is 0 Å². The number of hydrogen-bond acceptors (Lipinski definition) is 4. The molecule has 0 bridgehead atoms. The molecule has 1 aliphatic rings. The van der Waals surface area contributed by atoms with E-state index in [1.54, 1.807) is 0 Å². The third kappa shape index (κ3) is 7.46. The summed E-state index contributed by atoms with van der Waals surface area (Å²) >= 11 is 1.86. The molecule has 0 saturated heterocycles. The van der Waals surface area contributed by atoms with Crippen molar-refractivity contribution in [2.24, 2.45) is 5.73 Å². The van der Waals surface area contributed by atoms with Gasteiger partial charge in [0.2, 0.25) is 6.41 Å². The Morgan fingerprint density at radius 1 is 0.939 bits per heavy atom. The summed E-state index contributed by atoms with van der Waals surface area (Å²) in [6, 6.07) is 27.0. The van der Waals surface area contributed by atoms with Gasteiger partial charge in [0.15, 0.2) is 0 Å². The molecule has 0 unspecified atom stereocenters. The highest BCUT2D eigenvalue weighted by atomic mass is 32.2. The maximum atomic E-state index is 8.58. The third-order valence-electron chi connectivity index (χ3n) is 5.82. The largest absolute Gasteiger partial charge is 0.372 e. The summed E-state index contributed by atoms with van der Waals surface area (Å²) in [5.41, 5.74) is 11.1. The Bertz CT molecular complexity index is 989. The molecule has 4 nitrogen and oxygen atoms in total. The number of primary amides is 1. The van der Waals surface area contributed by atoms with E-state index in [9.17, 15) is 0 Å². The minimum absolute atomic E-state index is 0.250. The first-order valence-electron chi connectivity index (χ1n) is 11.7. The van der Waals surface area contributed by atoms with Gasteiger partial charge in [-0.2, -0.15) is 0 Å². The average Bonchev–Trinajstić information content (AvgIpc) is 2.85. The van der Waals surface area contributed by atoms with Crippen LogP contribution in [0.3, 0.4) is 0 Å². The zero-order chi connectivity index (χ0) is 23.5. The van der Waals surface area contributed by atoms with Crippen LogP contribution in [0.5, 0.6) is 0 Å². The normalized spacial score (nSPS) is 13.2. The minimum Gasteiger partial charge on any atom is -0.372 e. The molecule has 2 N–H and O–H groups in total. The van der Waals surface area contributed by atoms with E-state index in [4.69, 9.17) is 4.79 Å². The summed E-state index contributed by atoms with van der Waals surface area (Å²) < 4.78 is 2.42. The average molecular weight is 462 g/mol. The first-order chi connectivity index (χ1) is 16.2. The fraction of sp³-hybridized carbons (Fsp3) is 0.321. The molecule has 0 fully saturated rings. The van der Waals surface area contributed by atoms with E-state index in [-0.39, 0.29) is 6.41 Å². The molecule has 3 aromatic rings. The lowest BCUT2D eigenvalue weighted by Crippen LogP contribution is -2.29. The van der Waals surface area contributed by atoms with Crippen LogP contribution < -0.4 is 5.73 Å². The van der Waals surface area contributed by atoms with E-state index in [1.165, 1.54) is 39.1 Å². The topological polar surface area (TPSA) is 49.6 Å². The second-order valence-corrected chi connectivity index (χ2v) is 9.37. The molecule has 1 amide bonds. The smallest absolute Gasteiger partial charge is 0.204 e. The highest BCUT2D eigenvalue weighted by molar-refractivity contribution is 7.97. The highest BCUT2D eigenvalue weighted by Gasteiger charge is 2.15. The van der Waals surface area contributed by atoms with Gasteiger partial charge in [-0.1, -0.05) is 74.5 Å². The Balaban J connectivity index is 0.000000968. The lowest BCUT2D eigenvalue weighted by atomic mass is 9.99. The van der Waals surface area contributed by atoms with Crippen LogP contribution in [0.1, 0.15) is 37.0 Å². The first-order valence-corrected chi connectivity index (χ1v) is 12.5. The molecule has 1 heterocycles. The molecule has 0 saturated carbocycles. The van der Waals surface area contributed by atoms with Crippen LogP contribution in [-0.4, -0.2) is 35.2 Å². The van der Waals surface area contributed by atoms with E-state index in [2.05, 4.69) is 102 Å². The Morgan fingerprint density at radius 2 is 1.55 bits per heavy atom. The van der Waals surface area contributed by atoms with Crippen molar-refractivity contribution in [1.82, 2.24) is 9.21 Å². The van der Waals surface area contributed by atoms with Crippen molar-refractivity contribution in [2.45, 2.75) is 44.7 Å². The number of fused-ring (bicyclic) bond motifs is 1. The van der Waals surface area contributed by atoms with Crippen molar-refractivity contribution in [3.8, 4) is 11.1 Å². The summed E-state index contributed by atoms with van der Waals surface area (Å²) in [6.07, 6.45) is 2.60. The fourth-order valence-corrected chi connectivity index (χ4v) is 5.08. The van der Waals surface area contributed by atoms with Crippen LogP contribution in [0.25, 0.3) is 11.1 Å². The van der Waals surface area contributed by atoms with Crippen molar-refractivity contribution in [1.29, 1.82) is 0 Å². The van der Waals surface area contributed by atoms with Crippen molar-refractivity contribution in [3.63, 3.8) is 0 Å². The zero-order valence-corrected chi connectivity index (χ0v) is 20.6. The van der Waals surface area contributed by atoms with Gasteiger partial charge < -0.3 is 5.73 Å². The number of hydrogen-bond donors (Lipinski definition) is 1. The second kappa shape index (κ2) is 13.2. The maximum absolute atomic E-state index is 8.58. The fourth-order valence-electron chi connectivity index (χ4n) is 4.12. The quantitative estimate of drug-likeness (QED) is 0.343. The summed E-state index contributed by atoms with van der Waals surface area (Å²) in [6.45, 7) is 9.89. The van der Waals surface area contributed by atoms with Crippen LogP contribution in [0.15, 0.2) is 77.7 Å². The number of carbonyl (C=O) groups excluding carboxylic acids is 1. The molecular weight excluding hydrogens is 426 g/mol. The molecule has 0 aliphatic carbocycles. The highest BCUT2D eigenvalue weighted by Crippen LogP contribution is 2.27. The third-order valence-corrected chi connectivity index (χ3v) is 7.00. The SMILES string of the molecule is CCCN(CC)Sc1ccc(-c2ccc(CN3CCc4ccccc4C3)cc2)cc1.NC=O. The van der Waals surface area contributed by atoms with Crippen molar-refractivity contribution in [3.05, 3.63) is 89.5 Å². The lowest BCUT2D eigenvalue weighted by molar-refractivity contribution is -0.106. The van der Waals surface area contributed by atoms with Gasteiger partial charge in [-0.05, 0) is 64.7 Å². The zero-order valence-electron chi connectivity index (χ0n) is 19.7. The summed E-state index contributed by atoms with van der Waals surface area (Å²) in [4.78, 5) is 12.5. The minimum atomic E-state index is 0.250. The number of carbonyl (C=O) groups is 1.